The highest BCUT2D eigenvalue weighted by atomic mass is 19.1. The van der Waals surface area contributed by atoms with Crippen molar-refractivity contribution in [1.29, 1.82) is 0 Å². The van der Waals surface area contributed by atoms with Crippen LogP contribution in [0.1, 0.15) is 25.5 Å². The first-order valence-corrected chi connectivity index (χ1v) is 8.76. The molecule has 5 nitrogen and oxygen atoms in total. The molecule has 0 radical (unpaired) electrons. The first kappa shape index (κ1) is 20.7. The summed E-state index contributed by atoms with van der Waals surface area (Å²) in [4.78, 5) is 14.7. The first-order chi connectivity index (χ1) is 12.7. The van der Waals surface area contributed by atoms with E-state index in [2.05, 4.69) is 5.32 Å². The number of likely N-dealkylation sites (N-methyl/N-ethyl adjacent to an activating group) is 1. The minimum atomic E-state index is -1.09. The van der Waals surface area contributed by atoms with Gasteiger partial charge in [0.2, 0.25) is 0 Å². The quantitative estimate of drug-likeness (QED) is 0.769. The summed E-state index contributed by atoms with van der Waals surface area (Å²) in [5.41, 5.74) is -0.0208. The molecular formula is C21H27FN2O3. The summed E-state index contributed by atoms with van der Waals surface area (Å²) in [5.74, 6) is 0.634. The van der Waals surface area contributed by atoms with Gasteiger partial charge in [0, 0.05) is 6.54 Å². The maximum absolute atomic E-state index is 13.0. The smallest absolute Gasteiger partial charge is 0.263 e. The summed E-state index contributed by atoms with van der Waals surface area (Å²) < 4.78 is 24.0. The molecule has 0 saturated carbocycles. The lowest BCUT2D eigenvalue weighted by Gasteiger charge is -2.29. The minimum Gasteiger partial charge on any atom is -0.497 e. The van der Waals surface area contributed by atoms with Crippen LogP contribution >= 0.6 is 0 Å². The van der Waals surface area contributed by atoms with Crippen molar-refractivity contribution in [2.45, 2.75) is 25.5 Å². The molecule has 6 heteroatoms. The van der Waals surface area contributed by atoms with E-state index in [1.54, 1.807) is 21.0 Å². The fourth-order valence-corrected chi connectivity index (χ4v) is 2.67. The molecule has 0 aliphatic rings. The van der Waals surface area contributed by atoms with Crippen LogP contribution in [0.25, 0.3) is 0 Å². The number of amides is 1. The number of halogens is 1. The molecule has 2 aromatic carbocycles. The molecule has 0 aliphatic heterocycles. The number of benzene rings is 2. The number of carbonyl (C=O) groups excluding carboxylic acids is 1. The number of carbonyl (C=O) groups is 1. The average Bonchev–Trinajstić information content (AvgIpc) is 2.63. The molecule has 0 spiro atoms. The molecular weight excluding hydrogens is 347 g/mol. The number of hydrogen-bond donors (Lipinski definition) is 1. The zero-order valence-corrected chi connectivity index (χ0v) is 16.5. The lowest BCUT2D eigenvalue weighted by atomic mass is 10.0. The van der Waals surface area contributed by atoms with Crippen LogP contribution in [0.5, 0.6) is 11.5 Å². The predicted octanol–water partition coefficient (Wildman–Crippen LogP) is 3.41. The van der Waals surface area contributed by atoms with E-state index >= 15 is 0 Å². The third-order valence-electron chi connectivity index (χ3n) is 4.31. The van der Waals surface area contributed by atoms with Gasteiger partial charge in [-0.05, 0) is 69.9 Å². The summed E-state index contributed by atoms with van der Waals surface area (Å²) in [7, 11) is 5.55. The highest BCUT2D eigenvalue weighted by Crippen LogP contribution is 2.22. The molecule has 1 N–H and O–H groups in total. The number of hydrogen-bond acceptors (Lipinski definition) is 4. The van der Waals surface area contributed by atoms with Gasteiger partial charge >= 0.3 is 0 Å². The molecule has 0 bridgehead atoms. The summed E-state index contributed by atoms with van der Waals surface area (Å²) >= 11 is 0. The van der Waals surface area contributed by atoms with E-state index in [0.717, 1.165) is 11.3 Å². The molecule has 1 atom stereocenters. The van der Waals surface area contributed by atoms with Crippen molar-refractivity contribution in [2.75, 3.05) is 27.7 Å². The average molecular weight is 374 g/mol. The van der Waals surface area contributed by atoms with Crippen LogP contribution in [0, 0.1) is 5.82 Å². The Balaban J connectivity index is 2.02. The van der Waals surface area contributed by atoms with Crippen LogP contribution in [0.4, 0.5) is 4.39 Å². The van der Waals surface area contributed by atoms with E-state index in [1.165, 1.54) is 24.3 Å². The van der Waals surface area contributed by atoms with Crippen LogP contribution in [0.3, 0.4) is 0 Å². The lowest BCUT2D eigenvalue weighted by Crippen LogP contribution is -2.48. The van der Waals surface area contributed by atoms with Gasteiger partial charge in [-0.2, -0.15) is 0 Å². The van der Waals surface area contributed by atoms with Gasteiger partial charge in [-0.25, -0.2) is 4.39 Å². The number of nitrogens with one attached hydrogen (secondary N) is 1. The monoisotopic (exact) mass is 374 g/mol. The van der Waals surface area contributed by atoms with Crippen LogP contribution in [-0.4, -0.2) is 44.2 Å². The largest absolute Gasteiger partial charge is 0.497 e. The lowest BCUT2D eigenvalue weighted by molar-refractivity contribution is -0.134. The van der Waals surface area contributed by atoms with Crippen molar-refractivity contribution in [2.24, 2.45) is 0 Å². The maximum Gasteiger partial charge on any atom is 0.263 e. The first-order valence-electron chi connectivity index (χ1n) is 8.76. The molecule has 1 amide bonds. The molecule has 1 unspecified atom stereocenters. The normalized spacial score (nSPS) is 12.6. The van der Waals surface area contributed by atoms with Crippen molar-refractivity contribution in [3.05, 3.63) is 59.9 Å². The Morgan fingerprint density at radius 3 is 2.15 bits per heavy atom. The van der Waals surface area contributed by atoms with E-state index in [0.29, 0.717) is 12.3 Å². The van der Waals surface area contributed by atoms with Crippen molar-refractivity contribution in [3.8, 4) is 11.5 Å². The van der Waals surface area contributed by atoms with Crippen LogP contribution in [0.15, 0.2) is 48.5 Å². The van der Waals surface area contributed by atoms with Gasteiger partial charge in [0.05, 0.1) is 13.2 Å². The molecule has 0 aliphatic carbocycles. The van der Waals surface area contributed by atoms with Crippen molar-refractivity contribution >= 4 is 5.91 Å². The fraction of sp³-hybridized carbons (Fsp3) is 0.381. The van der Waals surface area contributed by atoms with Crippen molar-refractivity contribution in [1.82, 2.24) is 10.2 Å². The highest BCUT2D eigenvalue weighted by Gasteiger charge is 2.30. The Morgan fingerprint density at radius 1 is 1.07 bits per heavy atom. The van der Waals surface area contributed by atoms with E-state index in [4.69, 9.17) is 9.47 Å². The summed E-state index contributed by atoms with van der Waals surface area (Å²) in [6.45, 7) is 3.79. The van der Waals surface area contributed by atoms with Gasteiger partial charge in [0.25, 0.3) is 5.91 Å². The molecule has 0 aromatic heterocycles. The number of methoxy groups -OCH3 is 1. The number of nitrogens with zero attached hydrogens (tertiary/aromatic N) is 1. The second-order valence-corrected chi connectivity index (χ2v) is 7.03. The molecule has 146 valence electrons. The van der Waals surface area contributed by atoms with E-state index in [-0.39, 0.29) is 17.8 Å². The zero-order chi connectivity index (χ0) is 20.0. The molecule has 0 saturated heterocycles. The van der Waals surface area contributed by atoms with Gasteiger partial charge in [-0.15, -0.1) is 0 Å². The summed E-state index contributed by atoms with van der Waals surface area (Å²) in [5, 5.41) is 2.95. The van der Waals surface area contributed by atoms with Crippen LogP contribution in [0.2, 0.25) is 0 Å². The van der Waals surface area contributed by atoms with Gasteiger partial charge < -0.3 is 19.7 Å². The zero-order valence-electron chi connectivity index (χ0n) is 16.5. The second-order valence-electron chi connectivity index (χ2n) is 7.03. The van der Waals surface area contributed by atoms with Gasteiger partial charge in [-0.3, -0.25) is 4.79 Å². The van der Waals surface area contributed by atoms with Gasteiger partial charge in [0.1, 0.15) is 17.3 Å². The molecule has 2 aromatic rings. The van der Waals surface area contributed by atoms with E-state index < -0.39 is 5.60 Å². The Bertz CT molecular complexity index is 743. The summed E-state index contributed by atoms with van der Waals surface area (Å²) in [6, 6.07) is 13.4. The van der Waals surface area contributed by atoms with Crippen molar-refractivity contribution < 1.29 is 18.7 Å². The van der Waals surface area contributed by atoms with Crippen LogP contribution < -0.4 is 14.8 Å². The standard InChI is InChI=1S/C21H27FN2O3/c1-21(2,27-18-12-8-16(22)9-13-18)20(25)23-14-19(24(3)4)15-6-10-17(26-5)11-7-15/h6-13,19H,14H2,1-5H3,(H,23,25). The van der Waals surface area contributed by atoms with Gasteiger partial charge in [0.15, 0.2) is 5.60 Å². The van der Waals surface area contributed by atoms with Crippen LogP contribution in [-0.2, 0) is 4.79 Å². The maximum atomic E-state index is 13.0. The number of rotatable bonds is 8. The van der Waals surface area contributed by atoms with E-state index in [1.807, 2.05) is 43.3 Å². The van der Waals surface area contributed by atoms with E-state index in [9.17, 15) is 9.18 Å². The Hall–Kier alpha value is -2.60. The van der Waals surface area contributed by atoms with Gasteiger partial charge in [-0.1, -0.05) is 12.1 Å². The molecule has 0 fully saturated rings. The number of ether oxygens (including phenoxy) is 2. The SMILES string of the molecule is COc1ccc(C(CNC(=O)C(C)(C)Oc2ccc(F)cc2)N(C)C)cc1. The highest BCUT2D eigenvalue weighted by molar-refractivity contribution is 5.84. The topological polar surface area (TPSA) is 50.8 Å². The molecule has 2 rings (SSSR count). The molecule has 0 heterocycles. The third-order valence-corrected chi connectivity index (χ3v) is 4.31. The van der Waals surface area contributed by atoms with Crippen molar-refractivity contribution in [3.63, 3.8) is 0 Å². The Morgan fingerprint density at radius 2 is 1.63 bits per heavy atom. The summed E-state index contributed by atoms with van der Waals surface area (Å²) in [6.07, 6.45) is 0. The Kier molecular flexibility index (Phi) is 6.80. The third kappa shape index (κ3) is 5.69. The minimum absolute atomic E-state index is 0.00137. The fourth-order valence-electron chi connectivity index (χ4n) is 2.67. The Labute approximate surface area is 160 Å². The second kappa shape index (κ2) is 8.86. The molecule has 27 heavy (non-hydrogen) atoms. The predicted molar refractivity (Wildman–Crippen MR) is 104 cm³/mol.